The second-order valence-electron chi connectivity index (χ2n) is 6.22. The minimum atomic E-state index is -0.915. The van der Waals surface area contributed by atoms with Crippen LogP contribution >= 0.6 is 0 Å². The van der Waals surface area contributed by atoms with Crippen molar-refractivity contribution in [2.24, 2.45) is 5.92 Å². The van der Waals surface area contributed by atoms with Gasteiger partial charge in [0.1, 0.15) is 5.54 Å². The lowest BCUT2D eigenvalue weighted by Gasteiger charge is -2.41. The Balaban J connectivity index is 2.46. The SMILES string of the molecule is CC(C)CC(C(=O)O)(c1ccccc1)N1CCCNCC1. The third-order valence-electron chi connectivity index (χ3n) is 4.19. The van der Waals surface area contributed by atoms with E-state index in [4.69, 9.17) is 0 Å². The molecule has 1 aliphatic rings. The average molecular weight is 290 g/mol. The number of carboxylic acid groups (broad SMARTS) is 1. The van der Waals surface area contributed by atoms with E-state index in [1.54, 1.807) is 0 Å². The van der Waals surface area contributed by atoms with Crippen molar-refractivity contribution < 1.29 is 9.90 Å². The number of carbonyl (C=O) groups is 1. The van der Waals surface area contributed by atoms with Gasteiger partial charge in [-0.3, -0.25) is 4.90 Å². The molecule has 0 bridgehead atoms. The molecule has 1 heterocycles. The van der Waals surface area contributed by atoms with Gasteiger partial charge in [-0.25, -0.2) is 4.79 Å². The monoisotopic (exact) mass is 290 g/mol. The van der Waals surface area contributed by atoms with Crippen molar-refractivity contribution in [3.05, 3.63) is 35.9 Å². The summed E-state index contributed by atoms with van der Waals surface area (Å²) in [7, 11) is 0. The van der Waals surface area contributed by atoms with Gasteiger partial charge in [0.05, 0.1) is 0 Å². The van der Waals surface area contributed by atoms with Gasteiger partial charge in [-0.05, 0) is 30.9 Å². The van der Waals surface area contributed by atoms with Gasteiger partial charge < -0.3 is 10.4 Å². The summed E-state index contributed by atoms with van der Waals surface area (Å²) in [6.45, 7) is 7.59. The molecule has 0 spiro atoms. The van der Waals surface area contributed by atoms with Crippen molar-refractivity contribution in [2.45, 2.75) is 32.2 Å². The second kappa shape index (κ2) is 7.05. The smallest absolute Gasteiger partial charge is 0.328 e. The summed E-state index contributed by atoms with van der Waals surface area (Å²) in [5.74, 6) is -0.415. The Morgan fingerprint density at radius 2 is 2.00 bits per heavy atom. The lowest BCUT2D eigenvalue weighted by atomic mass is 9.80. The molecular weight excluding hydrogens is 264 g/mol. The molecule has 0 aromatic heterocycles. The molecule has 0 radical (unpaired) electrons. The summed E-state index contributed by atoms with van der Waals surface area (Å²) >= 11 is 0. The number of carboxylic acids is 1. The molecular formula is C17H26N2O2. The fourth-order valence-corrected chi connectivity index (χ4v) is 3.31. The average Bonchev–Trinajstić information content (AvgIpc) is 2.74. The predicted molar refractivity (Wildman–Crippen MR) is 84.3 cm³/mol. The minimum Gasteiger partial charge on any atom is -0.480 e. The van der Waals surface area contributed by atoms with Gasteiger partial charge in [-0.2, -0.15) is 0 Å². The van der Waals surface area contributed by atoms with Crippen LogP contribution in [0, 0.1) is 5.92 Å². The first kappa shape index (κ1) is 16.0. The summed E-state index contributed by atoms with van der Waals surface area (Å²) in [4.78, 5) is 14.5. The van der Waals surface area contributed by atoms with Gasteiger partial charge in [0, 0.05) is 19.6 Å². The van der Waals surface area contributed by atoms with Crippen molar-refractivity contribution in [3.8, 4) is 0 Å². The predicted octanol–water partition coefficient (Wildman–Crippen LogP) is 2.31. The number of benzene rings is 1. The summed E-state index contributed by atoms with van der Waals surface area (Å²) in [5, 5.41) is 13.5. The normalized spacial score (nSPS) is 20.0. The maximum atomic E-state index is 12.3. The minimum absolute atomic E-state index is 0.317. The quantitative estimate of drug-likeness (QED) is 0.874. The van der Waals surface area contributed by atoms with Crippen LogP contribution in [-0.4, -0.2) is 42.2 Å². The Bertz CT molecular complexity index is 453. The molecule has 1 aromatic rings. The van der Waals surface area contributed by atoms with E-state index in [0.29, 0.717) is 12.3 Å². The molecule has 2 N–H and O–H groups in total. The van der Waals surface area contributed by atoms with Gasteiger partial charge in [0.15, 0.2) is 0 Å². The van der Waals surface area contributed by atoms with Gasteiger partial charge in [-0.1, -0.05) is 44.2 Å². The highest BCUT2D eigenvalue weighted by Crippen LogP contribution is 2.36. The molecule has 116 valence electrons. The number of nitrogens with one attached hydrogen (secondary N) is 1. The Morgan fingerprint density at radius 3 is 2.62 bits per heavy atom. The van der Waals surface area contributed by atoms with E-state index in [-0.39, 0.29) is 0 Å². The maximum Gasteiger partial charge on any atom is 0.328 e. The molecule has 1 aliphatic heterocycles. The van der Waals surface area contributed by atoms with Crippen LogP contribution in [0.1, 0.15) is 32.3 Å². The molecule has 1 saturated heterocycles. The molecule has 1 fully saturated rings. The molecule has 0 aliphatic carbocycles. The van der Waals surface area contributed by atoms with Crippen molar-refractivity contribution in [1.82, 2.24) is 10.2 Å². The number of rotatable bonds is 5. The van der Waals surface area contributed by atoms with Crippen molar-refractivity contribution in [3.63, 3.8) is 0 Å². The second-order valence-corrected chi connectivity index (χ2v) is 6.22. The molecule has 1 atom stereocenters. The molecule has 0 amide bonds. The summed E-state index contributed by atoms with van der Waals surface area (Å²) in [5.41, 5.74) is -0.0188. The van der Waals surface area contributed by atoms with Gasteiger partial charge in [-0.15, -0.1) is 0 Å². The fraction of sp³-hybridized carbons (Fsp3) is 0.588. The third kappa shape index (κ3) is 3.44. The molecule has 1 aromatic carbocycles. The first-order valence-corrected chi connectivity index (χ1v) is 7.82. The summed E-state index contributed by atoms with van der Waals surface area (Å²) in [6, 6.07) is 9.71. The van der Waals surface area contributed by atoms with Gasteiger partial charge in [0.25, 0.3) is 0 Å². The number of hydrogen-bond acceptors (Lipinski definition) is 3. The van der Waals surface area contributed by atoms with Crippen molar-refractivity contribution >= 4 is 5.97 Å². The number of hydrogen-bond donors (Lipinski definition) is 2. The van der Waals surface area contributed by atoms with Crippen LogP contribution in [-0.2, 0) is 10.3 Å². The zero-order valence-corrected chi connectivity index (χ0v) is 13.0. The van der Waals surface area contributed by atoms with Crippen molar-refractivity contribution in [1.29, 1.82) is 0 Å². The third-order valence-corrected chi connectivity index (χ3v) is 4.19. The van der Waals surface area contributed by atoms with E-state index in [2.05, 4.69) is 24.1 Å². The lowest BCUT2D eigenvalue weighted by Crippen LogP contribution is -2.54. The van der Waals surface area contributed by atoms with E-state index in [1.807, 2.05) is 30.3 Å². The molecule has 21 heavy (non-hydrogen) atoms. The molecule has 2 rings (SSSR count). The Hall–Kier alpha value is -1.39. The summed E-state index contributed by atoms with van der Waals surface area (Å²) < 4.78 is 0. The molecule has 1 unspecified atom stereocenters. The van der Waals surface area contributed by atoms with E-state index in [1.165, 1.54) is 0 Å². The Labute approximate surface area is 127 Å². The highest BCUT2D eigenvalue weighted by molar-refractivity contribution is 5.81. The molecule has 4 heteroatoms. The zero-order valence-electron chi connectivity index (χ0n) is 13.0. The van der Waals surface area contributed by atoms with E-state index >= 15 is 0 Å². The largest absolute Gasteiger partial charge is 0.480 e. The van der Waals surface area contributed by atoms with Crippen LogP contribution in [0.3, 0.4) is 0 Å². The summed E-state index contributed by atoms with van der Waals surface area (Å²) in [6.07, 6.45) is 1.62. The fourth-order valence-electron chi connectivity index (χ4n) is 3.31. The highest BCUT2D eigenvalue weighted by atomic mass is 16.4. The van der Waals surface area contributed by atoms with Crippen LogP contribution in [0.15, 0.2) is 30.3 Å². The number of nitrogens with zero attached hydrogens (tertiary/aromatic N) is 1. The maximum absolute atomic E-state index is 12.3. The van der Waals surface area contributed by atoms with Crippen LogP contribution in [0.5, 0.6) is 0 Å². The van der Waals surface area contributed by atoms with Crippen LogP contribution in [0.25, 0.3) is 0 Å². The highest BCUT2D eigenvalue weighted by Gasteiger charge is 2.46. The molecule has 0 saturated carbocycles. The zero-order chi connectivity index (χ0) is 15.3. The first-order valence-electron chi connectivity index (χ1n) is 7.82. The Morgan fingerprint density at radius 1 is 1.29 bits per heavy atom. The van der Waals surface area contributed by atoms with Crippen LogP contribution in [0.2, 0.25) is 0 Å². The lowest BCUT2D eigenvalue weighted by molar-refractivity contribution is -0.154. The van der Waals surface area contributed by atoms with Crippen molar-refractivity contribution in [2.75, 3.05) is 26.2 Å². The topological polar surface area (TPSA) is 52.6 Å². The van der Waals surface area contributed by atoms with Crippen LogP contribution in [0.4, 0.5) is 0 Å². The van der Waals surface area contributed by atoms with Gasteiger partial charge in [0.2, 0.25) is 0 Å². The van der Waals surface area contributed by atoms with E-state index in [9.17, 15) is 9.90 Å². The van der Waals surface area contributed by atoms with Crippen LogP contribution < -0.4 is 5.32 Å². The number of aliphatic carboxylic acids is 1. The molecule has 4 nitrogen and oxygen atoms in total. The Kier molecular flexibility index (Phi) is 5.37. The van der Waals surface area contributed by atoms with E-state index < -0.39 is 11.5 Å². The first-order chi connectivity index (χ1) is 10.1. The van der Waals surface area contributed by atoms with E-state index in [0.717, 1.165) is 38.2 Å². The standard InChI is InChI=1S/C17H26N2O2/c1-14(2)13-17(16(20)21,15-7-4-3-5-8-15)19-11-6-9-18-10-12-19/h3-5,7-8,14,18H,6,9-13H2,1-2H3,(H,20,21). The van der Waals surface area contributed by atoms with Gasteiger partial charge >= 0.3 is 5.97 Å².